The molecule has 0 atom stereocenters. The van der Waals surface area contributed by atoms with Crippen molar-refractivity contribution >= 4 is 6.08 Å². The highest BCUT2D eigenvalue weighted by Crippen LogP contribution is 2.30. The fraction of sp³-hybridized carbons (Fsp3) is 0.111. The van der Waals surface area contributed by atoms with Crippen LogP contribution in [-0.2, 0) is 0 Å². The molecule has 1 nitrogen and oxygen atoms in total. The van der Waals surface area contributed by atoms with Crippen molar-refractivity contribution in [2.45, 2.75) is 0 Å². The first-order valence-electron chi connectivity index (χ1n) is 3.71. The van der Waals surface area contributed by atoms with Gasteiger partial charge in [0.15, 0.2) is 17.4 Å². The zero-order valence-corrected chi connectivity index (χ0v) is 7.29. The summed E-state index contributed by atoms with van der Waals surface area (Å²) in [4.78, 5) is 0. The van der Waals surface area contributed by atoms with E-state index in [4.69, 9.17) is 0 Å². The zero-order valence-electron chi connectivity index (χ0n) is 7.29. The molecule has 1 rings (SSSR count). The van der Waals surface area contributed by atoms with Gasteiger partial charge in [0, 0.05) is 0 Å². The van der Waals surface area contributed by atoms with Crippen LogP contribution in [-0.4, -0.2) is 6.86 Å². The Morgan fingerprint density at radius 1 is 1.00 bits per heavy atom. The van der Waals surface area contributed by atoms with E-state index in [0.29, 0.717) is 6.08 Å². The van der Waals surface area contributed by atoms with E-state index in [1.165, 1.54) is 0 Å². The lowest BCUT2D eigenvalue weighted by atomic mass is 10.1. The predicted molar refractivity (Wildman–Crippen MR) is 43.0 cm³/mol. The van der Waals surface area contributed by atoms with Crippen molar-refractivity contribution in [1.29, 1.82) is 0 Å². The fourth-order valence-electron chi connectivity index (χ4n) is 0.989. The highest BCUT2D eigenvalue weighted by Gasteiger charge is 2.25. The Kier molecular flexibility index (Phi) is 3.28. The van der Waals surface area contributed by atoms with Crippen LogP contribution in [0.5, 0.6) is 5.75 Å². The van der Waals surface area contributed by atoms with E-state index >= 15 is 0 Å². The maximum absolute atomic E-state index is 13.0. The van der Waals surface area contributed by atoms with Crippen LogP contribution in [0.4, 0.5) is 22.0 Å². The first-order valence-corrected chi connectivity index (χ1v) is 3.71. The molecule has 0 heterocycles. The first-order chi connectivity index (χ1) is 7.04. The summed E-state index contributed by atoms with van der Waals surface area (Å²) in [6.07, 6.45) is 0.607. The minimum atomic E-state index is -1.79. The molecule has 15 heavy (non-hydrogen) atoms. The van der Waals surface area contributed by atoms with E-state index in [1.54, 1.807) is 0 Å². The molecule has 82 valence electrons. The van der Waals surface area contributed by atoms with Crippen molar-refractivity contribution in [2.75, 3.05) is 6.86 Å². The maximum Gasteiger partial charge on any atom is 0.228 e. The topological polar surface area (TPSA) is 9.23 Å². The minimum Gasteiger partial charge on any atom is -0.457 e. The van der Waals surface area contributed by atoms with Crippen molar-refractivity contribution in [3.63, 3.8) is 0 Å². The second kappa shape index (κ2) is 4.29. The smallest absolute Gasteiger partial charge is 0.228 e. The van der Waals surface area contributed by atoms with Crippen molar-refractivity contribution in [3.05, 3.63) is 35.4 Å². The van der Waals surface area contributed by atoms with Crippen molar-refractivity contribution in [1.82, 2.24) is 0 Å². The summed E-state index contributed by atoms with van der Waals surface area (Å²) in [5, 5.41) is 0. The molecule has 0 N–H and O–H groups in total. The van der Waals surface area contributed by atoms with Crippen molar-refractivity contribution in [2.24, 2.45) is 0 Å². The summed E-state index contributed by atoms with van der Waals surface area (Å²) in [6, 6.07) is 0. The number of hydrogen-bond donors (Lipinski definition) is 0. The fourth-order valence-corrected chi connectivity index (χ4v) is 0.989. The molecule has 1 aromatic rings. The highest BCUT2D eigenvalue weighted by atomic mass is 19.2. The Morgan fingerprint density at radius 3 is 1.80 bits per heavy atom. The van der Waals surface area contributed by atoms with Crippen LogP contribution in [0.1, 0.15) is 5.56 Å². The molecule has 1 aromatic carbocycles. The number of halogens is 5. The lowest BCUT2D eigenvalue weighted by Crippen LogP contribution is -2.05. The molecule has 6 heteroatoms. The second-order valence-electron chi connectivity index (χ2n) is 2.46. The van der Waals surface area contributed by atoms with E-state index in [-0.39, 0.29) is 0 Å². The third-order valence-corrected chi connectivity index (χ3v) is 1.66. The van der Waals surface area contributed by atoms with Gasteiger partial charge >= 0.3 is 0 Å². The van der Waals surface area contributed by atoms with Crippen molar-refractivity contribution < 1.29 is 26.7 Å². The summed E-state index contributed by atoms with van der Waals surface area (Å²) in [6.45, 7) is 1.39. The molecule has 0 radical (unpaired) electrons. The molecule has 0 bridgehead atoms. The lowest BCUT2D eigenvalue weighted by Gasteiger charge is -2.08. The third kappa shape index (κ3) is 1.79. The minimum absolute atomic E-state index is 0.607. The average molecular weight is 224 g/mol. The van der Waals surface area contributed by atoms with Gasteiger partial charge in [-0.05, 0) is 0 Å². The molecule has 0 aliphatic rings. The number of alkyl halides is 1. The van der Waals surface area contributed by atoms with Crippen LogP contribution in [0.3, 0.4) is 0 Å². The molecule has 0 aliphatic carbocycles. The molecule has 0 saturated heterocycles. The van der Waals surface area contributed by atoms with Crippen molar-refractivity contribution in [3.8, 4) is 5.75 Å². The molecule has 0 spiro atoms. The van der Waals surface area contributed by atoms with E-state index < -0.39 is 41.4 Å². The monoisotopic (exact) mass is 224 g/mol. The third-order valence-electron chi connectivity index (χ3n) is 1.66. The quantitative estimate of drug-likeness (QED) is 0.565. The van der Waals surface area contributed by atoms with Crippen LogP contribution in [0.25, 0.3) is 6.08 Å². The Hall–Kier alpha value is -1.59. The Balaban J connectivity index is 3.51. The second-order valence-corrected chi connectivity index (χ2v) is 2.46. The average Bonchev–Trinajstić information content (AvgIpc) is 2.23. The lowest BCUT2D eigenvalue weighted by molar-refractivity contribution is 0.172. The molecule has 0 aliphatic heterocycles. The normalized spacial score (nSPS) is 10.2. The molecular formula is C9H5F5O. The summed E-state index contributed by atoms with van der Waals surface area (Å²) in [7, 11) is 0. The standard InChI is InChI=1S/C9H5F5O/c1-2-4-5(11)7(13)9(15-3-10)8(14)6(4)12/h2H,1,3H2. The number of hydrogen-bond acceptors (Lipinski definition) is 1. The zero-order chi connectivity index (χ0) is 11.6. The number of benzene rings is 1. The Bertz CT molecular complexity index is 373. The van der Waals surface area contributed by atoms with E-state index in [0.717, 1.165) is 0 Å². The largest absolute Gasteiger partial charge is 0.457 e. The first kappa shape index (κ1) is 11.5. The van der Waals surface area contributed by atoms with Crippen LogP contribution < -0.4 is 4.74 Å². The van der Waals surface area contributed by atoms with Gasteiger partial charge in [0.25, 0.3) is 0 Å². The molecule has 0 fully saturated rings. The van der Waals surface area contributed by atoms with Gasteiger partial charge in [-0.15, -0.1) is 0 Å². The molecule has 0 aromatic heterocycles. The summed E-state index contributed by atoms with van der Waals surface area (Å²) in [5.74, 6) is -8.35. The van der Waals surface area contributed by atoms with Gasteiger partial charge in [-0.1, -0.05) is 12.7 Å². The van der Waals surface area contributed by atoms with Crippen LogP contribution in [0, 0.1) is 23.3 Å². The summed E-state index contributed by atoms with van der Waals surface area (Å²) < 4.78 is 67.3. The van der Waals surface area contributed by atoms with Gasteiger partial charge in [-0.25, -0.2) is 13.2 Å². The SMILES string of the molecule is C=Cc1c(F)c(F)c(OCF)c(F)c1F. The summed E-state index contributed by atoms with van der Waals surface area (Å²) >= 11 is 0. The van der Waals surface area contributed by atoms with Crippen LogP contribution in [0.2, 0.25) is 0 Å². The van der Waals surface area contributed by atoms with Gasteiger partial charge in [-0.3, -0.25) is 0 Å². The van der Waals surface area contributed by atoms with Gasteiger partial charge in [-0.2, -0.15) is 8.78 Å². The van der Waals surface area contributed by atoms with E-state index in [2.05, 4.69) is 11.3 Å². The van der Waals surface area contributed by atoms with E-state index in [9.17, 15) is 22.0 Å². The predicted octanol–water partition coefficient (Wildman–Crippen LogP) is 3.19. The van der Waals surface area contributed by atoms with Gasteiger partial charge in [0.2, 0.25) is 18.5 Å². The van der Waals surface area contributed by atoms with Gasteiger partial charge in [0.1, 0.15) is 0 Å². The van der Waals surface area contributed by atoms with Gasteiger partial charge < -0.3 is 4.74 Å². The molecular weight excluding hydrogens is 219 g/mol. The Morgan fingerprint density at radius 2 is 1.47 bits per heavy atom. The summed E-state index contributed by atoms with van der Waals surface area (Å²) in [5.41, 5.74) is -0.962. The molecule has 0 amide bonds. The highest BCUT2D eigenvalue weighted by molar-refractivity contribution is 5.51. The van der Waals surface area contributed by atoms with Crippen LogP contribution >= 0.6 is 0 Å². The molecule has 0 saturated carbocycles. The number of rotatable bonds is 3. The van der Waals surface area contributed by atoms with Crippen LogP contribution in [0.15, 0.2) is 6.58 Å². The van der Waals surface area contributed by atoms with E-state index in [1.807, 2.05) is 0 Å². The molecule has 0 unspecified atom stereocenters. The number of ether oxygens (including phenoxy) is 1. The maximum atomic E-state index is 13.0. The van der Waals surface area contributed by atoms with Gasteiger partial charge in [0.05, 0.1) is 5.56 Å². The Labute approximate surface area is 81.8 Å².